The molecule has 1 aromatic rings. The summed E-state index contributed by atoms with van der Waals surface area (Å²) in [7, 11) is 0. The van der Waals surface area contributed by atoms with E-state index >= 15 is 0 Å². The summed E-state index contributed by atoms with van der Waals surface area (Å²) in [5.41, 5.74) is -0.115. The highest BCUT2D eigenvalue weighted by atomic mass is 16.6. The molecule has 0 bridgehead atoms. The number of esters is 1. The molecule has 0 aromatic heterocycles. The van der Waals surface area contributed by atoms with Crippen molar-refractivity contribution in [2.45, 2.75) is 38.1 Å². The van der Waals surface area contributed by atoms with Crippen molar-refractivity contribution in [3.8, 4) is 5.75 Å². The van der Waals surface area contributed by atoms with Crippen molar-refractivity contribution in [2.24, 2.45) is 0 Å². The van der Waals surface area contributed by atoms with Crippen LogP contribution in [0, 0.1) is 10.1 Å². The van der Waals surface area contributed by atoms with Crippen LogP contribution < -0.4 is 15.0 Å². The number of ether oxygens (including phenoxy) is 2. The van der Waals surface area contributed by atoms with Gasteiger partial charge in [-0.05, 0) is 18.9 Å². The van der Waals surface area contributed by atoms with E-state index in [1.165, 1.54) is 12.1 Å². The second kappa shape index (κ2) is 8.68. The summed E-state index contributed by atoms with van der Waals surface area (Å²) in [5.74, 6) is -1.44. The fraction of sp³-hybridized carbons (Fsp3) is 0.500. The molecule has 2 aliphatic rings. The Kier molecular flexibility index (Phi) is 6.07. The van der Waals surface area contributed by atoms with Crippen LogP contribution in [0.1, 0.15) is 32.1 Å². The van der Waals surface area contributed by atoms with Gasteiger partial charge in [0, 0.05) is 18.2 Å². The third-order valence-electron chi connectivity index (χ3n) is 4.72. The molecule has 0 spiro atoms. The third kappa shape index (κ3) is 4.76. The number of rotatable bonds is 6. The number of nitro groups is 1. The van der Waals surface area contributed by atoms with E-state index in [1.54, 1.807) is 0 Å². The number of carbonyl (C=O) groups is 3. The highest BCUT2D eigenvalue weighted by molar-refractivity contribution is 6.01. The summed E-state index contributed by atoms with van der Waals surface area (Å²) in [6, 6.07) is 3.89. The minimum atomic E-state index is -0.786. The molecule has 0 unspecified atom stereocenters. The first-order valence-corrected chi connectivity index (χ1v) is 9.10. The Labute approximate surface area is 160 Å². The zero-order valence-corrected chi connectivity index (χ0v) is 15.2. The first kappa shape index (κ1) is 19.6. The molecule has 0 saturated heterocycles. The van der Waals surface area contributed by atoms with Gasteiger partial charge in [-0.3, -0.25) is 29.4 Å². The summed E-state index contributed by atoms with van der Waals surface area (Å²) in [5, 5.41) is 13.8. The molecule has 1 heterocycles. The van der Waals surface area contributed by atoms with Gasteiger partial charge < -0.3 is 14.8 Å². The number of nitro benzene ring substituents is 1. The lowest BCUT2D eigenvalue weighted by Gasteiger charge is -2.28. The number of nitrogens with one attached hydrogen (secondary N) is 1. The van der Waals surface area contributed by atoms with Gasteiger partial charge in [0.1, 0.15) is 12.3 Å². The number of anilines is 1. The molecule has 150 valence electrons. The molecule has 10 heteroatoms. The summed E-state index contributed by atoms with van der Waals surface area (Å²) in [4.78, 5) is 47.6. The number of nitrogens with zero attached hydrogens (tertiary/aromatic N) is 2. The van der Waals surface area contributed by atoms with Gasteiger partial charge in [-0.2, -0.15) is 0 Å². The minimum Gasteiger partial charge on any atom is -0.482 e. The maximum atomic E-state index is 12.1. The summed E-state index contributed by atoms with van der Waals surface area (Å²) >= 11 is 0. The highest BCUT2D eigenvalue weighted by Crippen LogP contribution is 2.35. The van der Waals surface area contributed by atoms with E-state index in [0.717, 1.165) is 43.1 Å². The Bertz CT molecular complexity index is 789. The molecule has 1 aromatic carbocycles. The van der Waals surface area contributed by atoms with Gasteiger partial charge in [-0.25, -0.2) is 0 Å². The number of amides is 2. The van der Waals surface area contributed by atoms with Gasteiger partial charge in [0.05, 0.1) is 10.6 Å². The topological polar surface area (TPSA) is 128 Å². The van der Waals surface area contributed by atoms with E-state index in [4.69, 9.17) is 9.47 Å². The van der Waals surface area contributed by atoms with Crippen LogP contribution in [0.2, 0.25) is 0 Å². The molecule has 2 amide bonds. The fourth-order valence-electron chi connectivity index (χ4n) is 3.31. The maximum absolute atomic E-state index is 12.1. The van der Waals surface area contributed by atoms with Gasteiger partial charge >= 0.3 is 5.97 Å². The second-order valence-electron chi connectivity index (χ2n) is 6.74. The maximum Gasteiger partial charge on any atom is 0.326 e. The number of benzene rings is 1. The average Bonchev–Trinajstić information content (AvgIpc) is 2.69. The van der Waals surface area contributed by atoms with Crippen LogP contribution >= 0.6 is 0 Å². The van der Waals surface area contributed by atoms with E-state index < -0.39 is 30.0 Å². The van der Waals surface area contributed by atoms with E-state index in [1.807, 2.05) is 0 Å². The Morgan fingerprint density at radius 1 is 1.29 bits per heavy atom. The number of non-ortho nitro benzene ring substituents is 1. The quantitative estimate of drug-likeness (QED) is 0.440. The van der Waals surface area contributed by atoms with Gasteiger partial charge in [-0.1, -0.05) is 19.3 Å². The van der Waals surface area contributed by atoms with E-state index in [2.05, 4.69) is 5.32 Å². The Morgan fingerprint density at radius 3 is 2.75 bits per heavy atom. The minimum absolute atomic E-state index is 0.105. The largest absolute Gasteiger partial charge is 0.482 e. The van der Waals surface area contributed by atoms with E-state index in [9.17, 15) is 24.5 Å². The predicted molar refractivity (Wildman–Crippen MR) is 96.9 cm³/mol. The summed E-state index contributed by atoms with van der Waals surface area (Å²) in [6.45, 7) is -1.19. The van der Waals surface area contributed by atoms with Crippen LogP contribution in [-0.4, -0.2) is 48.5 Å². The molecular weight excluding hydrogens is 370 g/mol. The smallest absolute Gasteiger partial charge is 0.326 e. The molecule has 28 heavy (non-hydrogen) atoms. The van der Waals surface area contributed by atoms with Crippen molar-refractivity contribution < 1.29 is 28.8 Å². The van der Waals surface area contributed by atoms with E-state index in [0.29, 0.717) is 0 Å². The fourth-order valence-corrected chi connectivity index (χ4v) is 3.31. The second-order valence-corrected chi connectivity index (χ2v) is 6.74. The lowest BCUT2D eigenvalue weighted by molar-refractivity contribution is -0.384. The SMILES string of the molecule is O=C(COC(=O)CN1C(=O)COc2ccc([N+](=O)[O-])cc21)NC1CCCCC1. The van der Waals surface area contributed by atoms with Gasteiger partial charge in [0.2, 0.25) is 0 Å². The van der Waals surface area contributed by atoms with Crippen molar-refractivity contribution in [1.29, 1.82) is 0 Å². The first-order valence-electron chi connectivity index (χ1n) is 9.10. The van der Waals surface area contributed by atoms with Crippen LogP contribution in [0.4, 0.5) is 11.4 Å². The van der Waals surface area contributed by atoms with Crippen LogP contribution in [0.5, 0.6) is 5.75 Å². The Morgan fingerprint density at radius 2 is 2.04 bits per heavy atom. The van der Waals surface area contributed by atoms with Crippen LogP contribution in [0.3, 0.4) is 0 Å². The number of carbonyl (C=O) groups excluding carboxylic acids is 3. The van der Waals surface area contributed by atoms with Crippen molar-refractivity contribution in [3.63, 3.8) is 0 Å². The molecule has 1 aliphatic heterocycles. The zero-order valence-electron chi connectivity index (χ0n) is 15.2. The van der Waals surface area contributed by atoms with Crippen molar-refractivity contribution >= 4 is 29.2 Å². The normalized spacial score (nSPS) is 16.7. The van der Waals surface area contributed by atoms with Crippen molar-refractivity contribution in [1.82, 2.24) is 5.32 Å². The molecule has 1 fully saturated rings. The third-order valence-corrected chi connectivity index (χ3v) is 4.72. The van der Waals surface area contributed by atoms with Crippen molar-refractivity contribution in [3.05, 3.63) is 28.3 Å². The monoisotopic (exact) mass is 391 g/mol. The first-order chi connectivity index (χ1) is 13.4. The van der Waals surface area contributed by atoms with Crippen molar-refractivity contribution in [2.75, 3.05) is 24.7 Å². The predicted octanol–water partition coefficient (Wildman–Crippen LogP) is 1.31. The van der Waals surface area contributed by atoms with Gasteiger partial charge in [0.25, 0.3) is 17.5 Å². The van der Waals surface area contributed by atoms with Crippen LogP contribution in [-0.2, 0) is 19.1 Å². The average molecular weight is 391 g/mol. The van der Waals surface area contributed by atoms with Gasteiger partial charge in [0.15, 0.2) is 13.2 Å². The molecule has 1 aliphatic carbocycles. The highest BCUT2D eigenvalue weighted by Gasteiger charge is 2.30. The zero-order chi connectivity index (χ0) is 20.1. The Hall–Kier alpha value is -3.17. The number of hydrogen-bond acceptors (Lipinski definition) is 7. The van der Waals surface area contributed by atoms with Crippen LogP contribution in [0.25, 0.3) is 0 Å². The standard InChI is InChI=1S/C18H21N3O7/c22-16(19-12-4-2-1-3-5-12)10-28-18(24)9-20-14-8-13(21(25)26)6-7-15(14)27-11-17(20)23/h6-8,12H,1-5,9-11H2,(H,19,22). The summed E-state index contributed by atoms with van der Waals surface area (Å²) in [6.07, 6.45) is 5.12. The lowest BCUT2D eigenvalue weighted by atomic mass is 9.95. The molecule has 3 rings (SSSR count). The van der Waals surface area contributed by atoms with E-state index in [-0.39, 0.29) is 35.7 Å². The number of fused-ring (bicyclic) bond motifs is 1. The molecule has 10 nitrogen and oxygen atoms in total. The Balaban J connectivity index is 1.57. The molecule has 1 N–H and O–H groups in total. The molecule has 0 atom stereocenters. The summed E-state index contributed by atoms with van der Waals surface area (Å²) < 4.78 is 10.2. The van der Waals surface area contributed by atoms with Gasteiger partial charge in [-0.15, -0.1) is 0 Å². The molecule has 0 radical (unpaired) electrons. The van der Waals surface area contributed by atoms with Crippen LogP contribution in [0.15, 0.2) is 18.2 Å². The number of hydrogen-bond donors (Lipinski definition) is 1. The lowest BCUT2D eigenvalue weighted by Crippen LogP contribution is -2.43. The molecule has 1 saturated carbocycles. The molecular formula is C18H21N3O7.